The highest BCUT2D eigenvalue weighted by molar-refractivity contribution is 9.10. The van der Waals surface area contributed by atoms with Gasteiger partial charge in [-0.25, -0.2) is 0 Å². The summed E-state index contributed by atoms with van der Waals surface area (Å²) in [7, 11) is 1.63. The molecular formula is C23H21BrN4O3. The Hall–Kier alpha value is -3.39. The quantitative estimate of drug-likeness (QED) is 0.408. The summed E-state index contributed by atoms with van der Waals surface area (Å²) in [4.78, 5) is 17.1. The van der Waals surface area contributed by atoms with Gasteiger partial charge in [0.1, 0.15) is 18.0 Å². The summed E-state index contributed by atoms with van der Waals surface area (Å²) < 4.78 is 13.4. The minimum Gasteiger partial charge on any atom is -0.497 e. The summed E-state index contributed by atoms with van der Waals surface area (Å²) in [6, 6.07) is 18.8. The van der Waals surface area contributed by atoms with Crippen LogP contribution in [0.15, 0.2) is 75.9 Å². The predicted molar refractivity (Wildman–Crippen MR) is 120 cm³/mol. The Morgan fingerprint density at radius 1 is 1.16 bits per heavy atom. The maximum absolute atomic E-state index is 12.6. The van der Waals surface area contributed by atoms with Crippen molar-refractivity contribution in [2.24, 2.45) is 0 Å². The average molecular weight is 481 g/mol. The first kappa shape index (κ1) is 20.9. The van der Waals surface area contributed by atoms with Crippen molar-refractivity contribution in [1.82, 2.24) is 20.0 Å². The molecule has 0 radical (unpaired) electrons. The van der Waals surface area contributed by atoms with E-state index in [9.17, 15) is 4.79 Å². The molecule has 0 spiro atoms. The second-order valence-electron chi connectivity index (χ2n) is 7.01. The molecule has 0 saturated heterocycles. The van der Waals surface area contributed by atoms with Crippen LogP contribution in [0, 0.1) is 0 Å². The lowest BCUT2D eigenvalue weighted by Crippen LogP contribution is -2.30. The fraction of sp³-hybridized carbons (Fsp3) is 0.174. The van der Waals surface area contributed by atoms with E-state index in [0.717, 1.165) is 21.3 Å². The number of ether oxygens (including phenoxy) is 1. The summed E-state index contributed by atoms with van der Waals surface area (Å²) in [6.45, 7) is 2.08. The van der Waals surface area contributed by atoms with Crippen molar-refractivity contribution in [2.75, 3.05) is 7.11 Å². The van der Waals surface area contributed by atoms with E-state index in [1.807, 2.05) is 73.8 Å². The van der Waals surface area contributed by atoms with Gasteiger partial charge < -0.3 is 19.1 Å². The van der Waals surface area contributed by atoms with Crippen molar-refractivity contribution in [3.8, 4) is 28.7 Å². The number of hydrogen-bond acceptors (Lipinski definition) is 5. The zero-order valence-corrected chi connectivity index (χ0v) is 18.7. The molecular weight excluding hydrogens is 460 g/mol. The van der Waals surface area contributed by atoms with Gasteiger partial charge in [-0.3, -0.25) is 4.79 Å². The van der Waals surface area contributed by atoms with E-state index < -0.39 is 0 Å². The number of nitrogens with one attached hydrogen (secondary N) is 1. The molecule has 1 amide bonds. The fourth-order valence-electron chi connectivity index (χ4n) is 3.21. The first-order chi connectivity index (χ1) is 15.0. The van der Waals surface area contributed by atoms with Crippen LogP contribution in [0.1, 0.15) is 18.5 Å². The molecule has 0 bridgehead atoms. The number of carbonyl (C=O) groups excluding carboxylic acids is 1. The molecule has 158 valence electrons. The van der Waals surface area contributed by atoms with Gasteiger partial charge in [0.25, 0.3) is 5.89 Å². The van der Waals surface area contributed by atoms with Crippen LogP contribution in [-0.2, 0) is 11.3 Å². The van der Waals surface area contributed by atoms with E-state index in [2.05, 4.69) is 31.4 Å². The summed E-state index contributed by atoms with van der Waals surface area (Å²) in [6.07, 6.45) is 1.82. The molecule has 0 aliphatic rings. The van der Waals surface area contributed by atoms with Crippen molar-refractivity contribution in [3.05, 3.63) is 76.9 Å². The topological polar surface area (TPSA) is 82.2 Å². The maximum atomic E-state index is 12.6. The summed E-state index contributed by atoms with van der Waals surface area (Å²) in [5.74, 6) is 1.52. The van der Waals surface area contributed by atoms with Gasteiger partial charge in [-0.1, -0.05) is 33.2 Å². The first-order valence-corrected chi connectivity index (χ1v) is 10.5. The van der Waals surface area contributed by atoms with Crippen LogP contribution in [0.4, 0.5) is 0 Å². The van der Waals surface area contributed by atoms with Gasteiger partial charge in [0, 0.05) is 16.2 Å². The molecule has 8 heteroatoms. The molecule has 4 rings (SSSR count). The number of amides is 1. The lowest BCUT2D eigenvalue weighted by molar-refractivity contribution is -0.122. The normalized spacial score (nSPS) is 11.8. The molecule has 0 saturated carbocycles. The Bertz CT molecular complexity index is 1170. The van der Waals surface area contributed by atoms with Gasteiger partial charge in [-0.2, -0.15) is 4.98 Å². The summed E-state index contributed by atoms with van der Waals surface area (Å²) in [5.41, 5.74) is 2.53. The molecule has 2 heterocycles. The third-order valence-corrected chi connectivity index (χ3v) is 5.41. The van der Waals surface area contributed by atoms with E-state index in [-0.39, 0.29) is 18.5 Å². The Labute approximate surface area is 188 Å². The minimum atomic E-state index is -0.134. The number of aromatic nitrogens is 3. The van der Waals surface area contributed by atoms with Gasteiger partial charge in [0.15, 0.2) is 0 Å². The van der Waals surface area contributed by atoms with E-state index in [1.54, 1.807) is 11.7 Å². The molecule has 0 aliphatic carbocycles. The maximum Gasteiger partial charge on any atom is 0.274 e. The van der Waals surface area contributed by atoms with Gasteiger partial charge in [0.2, 0.25) is 11.7 Å². The Morgan fingerprint density at radius 3 is 2.61 bits per heavy atom. The number of carbonyl (C=O) groups is 1. The highest BCUT2D eigenvalue weighted by Crippen LogP contribution is 2.24. The molecule has 1 N–H and O–H groups in total. The van der Waals surface area contributed by atoms with Crippen LogP contribution in [0.5, 0.6) is 5.75 Å². The Balaban J connectivity index is 1.44. The Kier molecular flexibility index (Phi) is 6.18. The second-order valence-corrected chi connectivity index (χ2v) is 7.93. The fourth-order valence-corrected chi connectivity index (χ4v) is 3.47. The van der Waals surface area contributed by atoms with Gasteiger partial charge in [0.05, 0.1) is 13.2 Å². The van der Waals surface area contributed by atoms with E-state index in [0.29, 0.717) is 17.4 Å². The van der Waals surface area contributed by atoms with Crippen LogP contribution < -0.4 is 10.1 Å². The monoisotopic (exact) mass is 480 g/mol. The predicted octanol–water partition coefficient (Wildman–Crippen LogP) is 4.85. The van der Waals surface area contributed by atoms with Crippen molar-refractivity contribution < 1.29 is 14.1 Å². The smallest absolute Gasteiger partial charge is 0.274 e. The molecule has 31 heavy (non-hydrogen) atoms. The van der Waals surface area contributed by atoms with Crippen LogP contribution in [0.3, 0.4) is 0 Å². The van der Waals surface area contributed by atoms with Crippen LogP contribution in [0.25, 0.3) is 23.0 Å². The van der Waals surface area contributed by atoms with Gasteiger partial charge in [-0.15, -0.1) is 0 Å². The highest BCUT2D eigenvalue weighted by Gasteiger charge is 2.16. The Morgan fingerprint density at radius 2 is 1.90 bits per heavy atom. The molecule has 0 unspecified atom stereocenters. The average Bonchev–Trinajstić information content (AvgIpc) is 3.43. The number of rotatable bonds is 7. The highest BCUT2D eigenvalue weighted by atomic mass is 79.9. The number of hydrogen-bond donors (Lipinski definition) is 1. The largest absolute Gasteiger partial charge is 0.497 e. The van der Waals surface area contributed by atoms with Crippen molar-refractivity contribution in [2.45, 2.75) is 19.5 Å². The molecule has 2 aromatic carbocycles. The zero-order valence-electron chi connectivity index (χ0n) is 17.1. The van der Waals surface area contributed by atoms with Crippen LogP contribution in [-0.4, -0.2) is 27.7 Å². The summed E-state index contributed by atoms with van der Waals surface area (Å²) in [5, 5.41) is 7.08. The van der Waals surface area contributed by atoms with Crippen LogP contribution in [0.2, 0.25) is 0 Å². The molecule has 7 nitrogen and oxygen atoms in total. The van der Waals surface area contributed by atoms with Crippen molar-refractivity contribution >= 4 is 21.8 Å². The van der Waals surface area contributed by atoms with Crippen LogP contribution >= 0.6 is 15.9 Å². The number of halogens is 1. The van der Waals surface area contributed by atoms with E-state index in [4.69, 9.17) is 9.26 Å². The molecule has 1 atom stereocenters. The second kappa shape index (κ2) is 9.18. The molecule has 4 aromatic rings. The third kappa shape index (κ3) is 4.86. The number of benzene rings is 2. The first-order valence-electron chi connectivity index (χ1n) is 9.72. The number of nitrogens with zero attached hydrogens (tertiary/aromatic N) is 3. The minimum absolute atomic E-state index is 0.117. The molecule has 0 aliphatic heterocycles. The standard InChI is InChI=1S/C23H21BrN4O3/c1-15(16-7-11-19(30-2)12-8-16)25-21(29)14-28-13-3-4-20(28)23-26-22(27-31-23)17-5-9-18(24)10-6-17/h3-13,15H,14H2,1-2H3,(H,25,29)/t15-/m0/s1. The molecule has 0 fully saturated rings. The van der Waals surface area contributed by atoms with E-state index in [1.165, 1.54) is 0 Å². The molecule has 2 aromatic heterocycles. The van der Waals surface area contributed by atoms with E-state index >= 15 is 0 Å². The summed E-state index contributed by atoms with van der Waals surface area (Å²) >= 11 is 3.41. The van der Waals surface area contributed by atoms with Crippen molar-refractivity contribution in [1.29, 1.82) is 0 Å². The third-order valence-electron chi connectivity index (χ3n) is 4.88. The number of methoxy groups -OCH3 is 1. The SMILES string of the molecule is COc1ccc([C@H](C)NC(=O)Cn2cccc2-c2nc(-c3ccc(Br)cc3)no2)cc1. The van der Waals surface area contributed by atoms with Gasteiger partial charge >= 0.3 is 0 Å². The van der Waals surface area contributed by atoms with Crippen molar-refractivity contribution in [3.63, 3.8) is 0 Å². The lowest BCUT2D eigenvalue weighted by atomic mass is 10.1. The zero-order chi connectivity index (χ0) is 21.8. The lowest BCUT2D eigenvalue weighted by Gasteiger charge is -2.15. The van der Waals surface area contributed by atoms with Gasteiger partial charge in [-0.05, 0) is 61.0 Å².